The molecule has 1 unspecified atom stereocenters. The molecule has 3 aliphatic rings. The van der Waals surface area contributed by atoms with Gasteiger partial charge in [0.15, 0.2) is 6.54 Å². The van der Waals surface area contributed by atoms with Gasteiger partial charge in [0.1, 0.15) is 4.70 Å². The van der Waals surface area contributed by atoms with Crippen LogP contribution in [0.1, 0.15) is 43.5 Å². The summed E-state index contributed by atoms with van der Waals surface area (Å²) < 4.78 is 132. The van der Waals surface area contributed by atoms with Gasteiger partial charge in [-0.05, 0) is 101 Å². The molecule has 0 saturated heterocycles. The van der Waals surface area contributed by atoms with Crippen molar-refractivity contribution in [3.63, 3.8) is 0 Å². The number of nitrogens with one attached hydrogen (secondary N) is 2. The second kappa shape index (κ2) is 18.6. The van der Waals surface area contributed by atoms with E-state index < -0.39 is 31.1 Å². The second-order valence-electron chi connectivity index (χ2n) is 15.7. The molecule has 2 N–H and O–H groups in total. The summed E-state index contributed by atoms with van der Waals surface area (Å²) in [6, 6.07) is 31.8. The number of aryl methyl sites for hydroxylation is 1. The number of benzene rings is 4. The van der Waals surface area contributed by atoms with Gasteiger partial charge >= 0.3 is 31.1 Å². The standard InChI is InChI=1S/C46H43F6N4O4S4/c47-45(48,49)63(57,58)53-21-7-23-55-39-29-36(33-9-3-1-4-10-33)17-19-41(39)61-43(55)27-31-13-15-35-16-14-32(26-38(35)25-31)28-44-56(24-8-22-54-64(59,60)46(50,51)52)40-30-37(18-20-42(40)62-44)34-11-5-2-6-12-34/h1-6,9-12,17-20,25-30,35,53-54H,7-8,13-16,21-24H2/q+1. The van der Waals surface area contributed by atoms with Gasteiger partial charge in [-0.15, -0.1) is 0 Å². The fraction of sp³-hybridized carbons (Fsp3) is 0.283. The van der Waals surface area contributed by atoms with Gasteiger partial charge in [-0.1, -0.05) is 108 Å². The molecule has 0 spiro atoms. The van der Waals surface area contributed by atoms with Crippen molar-refractivity contribution in [1.29, 1.82) is 0 Å². The van der Waals surface area contributed by atoms with Gasteiger partial charge in [-0.3, -0.25) is 0 Å². The molecule has 0 bridgehead atoms. The Balaban J connectivity index is 1.08. The molecule has 0 fully saturated rings. The summed E-state index contributed by atoms with van der Waals surface area (Å²) in [6.45, 7) is -0.235. The van der Waals surface area contributed by atoms with Gasteiger partial charge in [0.2, 0.25) is 5.52 Å². The molecule has 5 aromatic rings. The average Bonchev–Trinajstić information content (AvgIpc) is 3.78. The second-order valence-corrected chi connectivity index (χ2v) is 21.3. The normalized spacial score (nSPS) is 18.3. The molecule has 2 aliphatic carbocycles. The molecule has 8 nitrogen and oxygen atoms in total. The van der Waals surface area contributed by atoms with Gasteiger partial charge in [0.25, 0.3) is 5.01 Å². The first-order valence-electron chi connectivity index (χ1n) is 20.6. The van der Waals surface area contributed by atoms with E-state index in [2.05, 4.69) is 24.3 Å². The number of aromatic nitrogens is 1. The molecule has 0 amide bonds. The lowest BCUT2D eigenvalue weighted by Crippen LogP contribution is -2.40. The Hall–Kier alpha value is -4.72. The SMILES string of the molecule is O=S(=O)(NCCCN1/C(=C/C2=CC3=C/C(=C/c4sc5ccc(-c6ccccc6)cc5[n+]4CCCNS(=O)(=O)C(F)(F)F)CCC3CC2)Sc2ccc(-c3ccccc3)cc21)C(F)(F)F. The van der Waals surface area contributed by atoms with Crippen LogP contribution in [0.2, 0.25) is 0 Å². The maximum atomic E-state index is 13.1. The Morgan fingerprint density at radius 2 is 1.31 bits per heavy atom. The zero-order valence-electron chi connectivity index (χ0n) is 34.1. The maximum absolute atomic E-state index is 13.1. The Labute approximate surface area is 376 Å². The first-order chi connectivity index (χ1) is 30.5. The lowest BCUT2D eigenvalue weighted by Gasteiger charge is -2.29. The minimum Gasteiger partial charge on any atom is -0.335 e. The Bertz CT molecular complexity index is 2890. The number of hydrogen-bond acceptors (Lipinski definition) is 7. The summed E-state index contributed by atoms with van der Waals surface area (Å²) in [7, 11) is -10.9. The van der Waals surface area contributed by atoms with Crippen molar-refractivity contribution in [1.82, 2.24) is 9.44 Å². The van der Waals surface area contributed by atoms with Crippen molar-refractivity contribution in [3.8, 4) is 22.3 Å². The fourth-order valence-corrected chi connectivity index (χ4v) is 11.5. The summed E-state index contributed by atoms with van der Waals surface area (Å²) in [5, 5.41) is 1.77. The third kappa shape index (κ3) is 10.2. The highest BCUT2D eigenvalue weighted by Crippen LogP contribution is 2.49. The van der Waals surface area contributed by atoms with Crippen LogP contribution in [0, 0.1) is 5.92 Å². The van der Waals surface area contributed by atoms with E-state index in [0.29, 0.717) is 5.92 Å². The van der Waals surface area contributed by atoms with Crippen LogP contribution in [0.4, 0.5) is 32.0 Å². The van der Waals surface area contributed by atoms with Crippen molar-refractivity contribution < 1.29 is 47.7 Å². The van der Waals surface area contributed by atoms with Gasteiger partial charge in [-0.2, -0.15) is 30.9 Å². The molecule has 64 heavy (non-hydrogen) atoms. The highest BCUT2D eigenvalue weighted by molar-refractivity contribution is 8.03. The maximum Gasteiger partial charge on any atom is 0.511 e. The zero-order chi connectivity index (χ0) is 45.3. The van der Waals surface area contributed by atoms with E-state index in [-0.39, 0.29) is 39.0 Å². The number of halogens is 6. The number of thiazole rings is 1. The van der Waals surface area contributed by atoms with Crippen molar-refractivity contribution in [2.24, 2.45) is 5.92 Å². The van der Waals surface area contributed by atoms with Crippen LogP contribution >= 0.6 is 23.1 Å². The molecule has 1 atom stereocenters. The summed E-state index contributed by atoms with van der Waals surface area (Å²) in [6.07, 6.45) is 12.3. The molecule has 4 aromatic carbocycles. The van der Waals surface area contributed by atoms with E-state index in [9.17, 15) is 43.2 Å². The van der Waals surface area contributed by atoms with E-state index in [1.54, 1.807) is 32.5 Å². The lowest BCUT2D eigenvalue weighted by atomic mass is 9.77. The third-order valence-corrected chi connectivity index (χ3v) is 16.0. The van der Waals surface area contributed by atoms with Gasteiger partial charge in [0.05, 0.1) is 10.7 Å². The topological polar surface area (TPSA) is 99.5 Å². The number of nitrogens with zero attached hydrogens (tertiary/aromatic N) is 2. The molecule has 336 valence electrons. The first kappa shape index (κ1) is 45.8. The van der Waals surface area contributed by atoms with Crippen LogP contribution in [0.5, 0.6) is 0 Å². The average molecular weight is 958 g/mol. The molecule has 0 saturated carbocycles. The Kier molecular flexibility index (Phi) is 13.3. The van der Waals surface area contributed by atoms with Crippen LogP contribution in [0.3, 0.4) is 0 Å². The minimum absolute atomic E-state index is 0.122. The van der Waals surface area contributed by atoms with Crippen molar-refractivity contribution in [2.45, 2.75) is 61.0 Å². The summed E-state index contributed by atoms with van der Waals surface area (Å²) in [5.74, 6) is 0.337. The summed E-state index contributed by atoms with van der Waals surface area (Å²) in [4.78, 5) is 3.02. The zero-order valence-corrected chi connectivity index (χ0v) is 37.4. The monoisotopic (exact) mass is 957 g/mol. The van der Waals surface area contributed by atoms with Gasteiger partial charge < -0.3 is 4.90 Å². The summed E-state index contributed by atoms with van der Waals surface area (Å²) >= 11 is 3.11. The number of rotatable bonds is 14. The molecule has 18 heteroatoms. The number of allylic oxidation sites excluding steroid dienone is 6. The van der Waals surface area contributed by atoms with E-state index >= 15 is 0 Å². The number of alkyl halides is 6. The third-order valence-electron chi connectivity index (χ3n) is 11.3. The first-order valence-corrected chi connectivity index (χ1v) is 25.2. The molecule has 1 aromatic heterocycles. The number of sulfonamides is 2. The largest absolute Gasteiger partial charge is 0.511 e. The van der Waals surface area contributed by atoms with Crippen LogP contribution in [-0.2, 0) is 26.6 Å². The highest BCUT2D eigenvalue weighted by Gasteiger charge is 2.46. The lowest BCUT2D eigenvalue weighted by molar-refractivity contribution is -0.668. The molecule has 1 aliphatic heterocycles. The Morgan fingerprint density at radius 3 is 1.97 bits per heavy atom. The van der Waals surface area contributed by atoms with Gasteiger partial charge in [-0.25, -0.2) is 26.3 Å². The Morgan fingerprint density at radius 1 is 0.703 bits per heavy atom. The molecular formula is C46H43F6N4O4S4+. The smallest absolute Gasteiger partial charge is 0.335 e. The van der Waals surface area contributed by atoms with Crippen molar-refractivity contribution in [2.75, 3.05) is 24.5 Å². The van der Waals surface area contributed by atoms with E-state index in [0.717, 1.165) is 95.5 Å². The predicted octanol–water partition coefficient (Wildman–Crippen LogP) is 11.1. The molecule has 8 rings (SSSR count). The van der Waals surface area contributed by atoms with E-state index in [1.807, 2.05) is 107 Å². The van der Waals surface area contributed by atoms with Crippen molar-refractivity contribution in [3.05, 3.63) is 142 Å². The molecule has 2 heterocycles. The van der Waals surface area contributed by atoms with Gasteiger partial charge in [0, 0.05) is 43.1 Å². The summed E-state index contributed by atoms with van der Waals surface area (Å²) in [5.41, 5.74) is -1.74. The van der Waals surface area contributed by atoms with Crippen LogP contribution in [0.25, 0.3) is 38.5 Å². The van der Waals surface area contributed by atoms with E-state index in [1.165, 1.54) is 0 Å². The fourth-order valence-electron chi connectivity index (χ4n) is 8.10. The number of fused-ring (bicyclic) bond motifs is 3. The number of hydrogen-bond donors (Lipinski definition) is 2. The van der Waals surface area contributed by atoms with Crippen LogP contribution in [-0.4, -0.2) is 47.5 Å². The molecule has 0 radical (unpaired) electrons. The number of anilines is 1. The molecular weight excluding hydrogens is 915 g/mol. The van der Waals surface area contributed by atoms with Crippen molar-refractivity contribution >= 4 is 65.1 Å². The van der Waals surface area contributed by atoms with Crippen LogP contribution in [0.15, 0.2) is 142 Å². The van der Waals surface area contributed by atoms with E-state index in [4.69, 9.17) is 0 Å². The highest BCUT2D eigenvalue weighted by atomic mass is 32.2. The number of thioether (sulfide) groups is 1. The minimum atomic E-state index is -5.47. The van der Waals surface area contributed by atoms with Crippen LogP contribution < -0.4 is 18.9 Å². The predicted molar refractivity (Wildman–Crippen MR) is 242 cm³/mol. The quantitative estimate of drug-likeness (QED) is 0.0653.